The lowest BCUT2D eigenvalue weighted by Crippen LogP contribution is -2.26. The first-order valence-corrected chi connectivity index (χ1v) is 9.48. The molecule has 0 bridgehead atoms. The molecular formula is C20H18FN3OS. The van der Waals surface area contributed by atoms with Gasteiger partial charge in [-0.25, -0.2) is 9.37 Å². The maximum Gasteiger partial charge on any atom is 0.270 e. The first-order chi connectivity index (χ1) is 12.6. The lowest BCUT2D eigenvalue weighted by molar-refractivity contribution is 0.0946. The number of nitrogens with one attached hydrogen (secondary N) is 1. The Labute approximate surface area is 155 Å². The second-order valence-electron chi connectivity index (χ2n) is 6.32. The molecule has 0 radical (unpaired) electrons. The summed E-state index contributed by atoms with van der Waals surface area (Å²) >= 11 is 1.59. The van der Waals surface area contributed by atoms with Crippen molar-refractivity contribution in [2.45, 2.75) is 32.2 Å². The molecule has 6 heteroatoms. The van der Waals surface area contributed by atoms with Crippen LogP contribution in [0.25, 0.3) is 21.7 Å². The zero-order valence-corrected chi connectivity index (χ0v) is 15.1. The van der Waals surface area contributed by atoms with E-state index in [-0.39, 0.29) is 17.8 Å². The number of thiazole rings is 1. The van der Waals surface area contributed by atoms with Crippen LogP contribution in [0.4, 0.5) is 4.39 Å². The molecule has 0 spiro atoms. The molecule has 1 fully saturated rings. The predicted molar refractivity (Wildman–Crippen MR) is 101 cm³/mol. The fourth-order valence-corrected chi connectivity index (χ4v) is 3.72. The molecule has 4 rings (SSSR count). The summed E-state index contributed by atoms with van der Waals surface area (Å²) in [6, 6.07) is 10.3. The molecule has 1 aliphatic rings. The number of hydrogen-bond donors (Lipinski definition) is 1. The van der Waals surface area contributed by atoms with Crippen molar-refractivity contribution < 1.29 is 9.18 Å². The number of hydrogen-bond acceptors (Lipinski definition) is 4. The zero-order valence-electron chi connectivity index (χ0n) is 14.3. The minimum absolute atomic E-state index is 0.141. The van der Waals surface area contributed by atoms with Crippen molar-refractivity contribution in [3.8, 4) is 21.7 Å². The standard InChI is InChI=1S/C20H18FN3OS/c1-2-17-24-18(12-3-5-14(21)6-4-12)19(26-17)13-9-10-22-16(11-13)20(25)23-15-7-8-15/h3-6,9-11,15H,2,7-8H2,1H3,(H,23,25). The maximum atomic E-state index is 13.3. The molecule has 0 atom stereocenters. The Bertz CT molecular complexity index is 948. The molecular weight excluding hydrogens is 349 g/mol. The van der Waals surface area contributed by atoms with E-state index in [0.717, 1.165) is 46.0 Å². The number of aryl methyl sites for hydroxylation is 1. The largest absolute Gasteiger partial charge is 0.348 e. The maximum absolute atomic E-state index is 13.3. The van der Waals surface area contributed by atoms with E-state index in [9.17, 15) is 9.18 Å². The van der Waals surface area contributed by atoms with Crippen LogP contribution in [0, 0.1) is 5.82 Å². The van der Waals surface area contributed by atoms with Gasteiger partial charge in [0.2, 0.25) is 0 Å². The SMILES string of the molecule is CCc1nc(-c2ccc(F)cc2)c(-c2ccnc(C(=O)NC3CC3)c2)s1. The minimum atomic E-state index is -0.274. The fourth-order valence-electron chi connectivity index (χ4n) is 2.70. The number of rotatable bonds is 5. The third-order valence-corrected chi connectivity index (χ3v) is 5.51. The number of nitrogens with zero attached hydrogens (tertiary/aromatic N) is 2. The van der Waals surface area contributed by atoms with Gasteiger partial charge in [-0.15, -0.1) is 11.3 Å². The smallest absolute Gasteiger partial charge is 0.270 e. The molecule has 0 saturated heterocycles. The van der Waals surface area contributed by atoms with Gasteiger partial charge in [0, 0.05) is 17.8 Å². The van der Waals surface area contributed by atoms with E-state index in [2.05, 4.69) is 17.2 Å². The van der Waals surface area contributed by atoms with Crippen molar-refractivity contribution in [1.29, 1.82) is 0 Å². The van der Waals surface area contributed by atoms with Crippen LogP contribution in [0.15, 0.2) is 42.6 Å². The van der Waals surface area contributed by atoms with Crippen molar-refractivity contribution >= 4 is 17.2 Å². The molecule has 1 aliphatic carbocycles. The molecule has 132 valence electrons. The summed E-state index contributed by atoms with van der Waals surface area (Å²) in [5.41, 5.74) is 2.98. The molecule has 2 aromatic heterocycles. The second-order valence-corrected chi connectivity index (χ2v) is 7.41. The normalized spacial score (nSPS) is 13.6. The van der Waals surface area contributed by atoms with Crippen molar-refractivity contribution in [1.82, 2.24) is 15.3 Å². The van der Waals surface area contributed by atoms with Crippen LogP contribution >= 0.6 is 11.3 Å². The number of benzene rings is 1. The van der Waals surface area contributed by atoms with Gasteiger partial charge in [0.25, 0.3) is 5.91 Å². The van der Waals surface area contributed by atoms with E-state index in [1.54, 1.807) is 35.7 Å². The average Bonchev–Trinajstić information content (AvgIpc) is 3.37. The van der Waals surface area contributed by atoms with Crippen LogP contribution in [0.2, 0.25) is 0 Å². The van der Waals surface area contributed by atoms with Crippen LogP contribution in [0.3, 0.4) is 0 Å². The van der Waals surface area contributed by atoms with Crippen LogP contribution < -0.4 is 5.32 Å². The number of carbonyl (C=O) groups excluding carboxylic acids is 1. The van der Waals surface area contributed by atoms with Gasteiger partial charge >= 0.3 is 0 Å². The number of halogens is 1. The van der Waals surface area contributed by atoms with Crippen molar-refractivity contribution in [2.24, 2.45) is 0 Å². The summed E-state index contributed by atoms with van der Waals surface area (Å²) < 4.78 is 13.3. The Kier molecular flexibility index (Phi) is 4.51. The van der Waals surface area contributed by atoms with Gasteiger partial charge in [-0.1, -0.05) is 6.92 Å². The highest BCUT2D eigenvalue weighted by molar-refractivity contribution is 7.15. The van der Waals surface area contributed by atoms with Gasteiger partial charge in [-0.3, -0.25) is 9.78 Å². The van der Waals surface area contributed by atoms with E-state index in [4.69, 9.17) is 4.98 Å². The first kappa shape index (κ1) is 16.8. The van der Waals surface area contributed by atoms with Crippen LogP contribution in [-0.4, -0.2) is 21.9 Å². The predicted octanol–water partition coefficient (Wildman–Crippen LogP) is 4.47. The van der Waals surface area contributed by atoms with E-state index < -0.39 is 0 Å². The van der Waals surface area contributed by atoms with E-state index >= 15 is 0 Å². The van der Waals surface area contributed by atoms with Gasteiger partial charge in [-0.05, 0) is 61.2 Å². The van der Waals surface area contributed by atoms with Crippen LogP contribution in [0.5, 0.6) is 0 Å². The van der Waals surface area contributed by atoms with Gasteiger partial charge in [0.1, 0.15) is 11.5 Å². The molecule has 0 aliphatic heterocycles. The van der Waals surface area contributed by atoms with Gasteiger partial charge in [-0.2, -0.15) is 0 Å². The molecule has 0 unspecified atom stereocenters. The molecule has 3 aromatic rings. The van der Waals surface area contributed by atoms with Crippen LogP contribution in [0.1, 0.15) is 35.3 Å². The Hall–Kier alpha value is -2.60. The summed E-state index contributed by atoms with van der Waals surface area (Å²) in [6.07, 6.45) is 4.54. The van der Waals surface area contributed by atoms with Crippen molar-refractivity contribution in [2.75, 3.05) is 0 Å². The Morgan fingerprint density at radius 1 is 1.23 bits per heavy atom. The number of aromatic nitrogens is 2. The molecule has 1 N–H and O–H groups in total. The first-order valence-electron chi connectivity index (χ1n) is 8.67. The van der Waals surface area contributed by atoms with Crippen LogP contribution in [-0.2, 0) is 6.42 Å². The molecule has 4 nitrogen and oxygen atoms in total. The Morgan fingerprint density at radius 3 is 2.69 bits per heavy atom. The summed E-state index contributed by atoms with van der Waals surface area (Å²) in [5.74, 6) is -0.415. The number of amides is 1. The highest BCUT2D eigenvalue weighted by atomic mass is 32.1. The minimum Gasteiger partial charge on any atom is -0.348 e. The topological polar surface area (TPSA) is 54.9 Å². The average molecular weight is 367 g/mol. The molecule has 1 amide bonds. The molecule has 1 aromatic carbocycles. The summed E-state index contributed by atoms with van der Waals surface area (Å²) in [5, 5.41) is 3.96. The summed E-state index contributed by atoms with van der Waals surface area (Å²) in [4.78, 5) is 22.2. The Morgan fingerprint density at radius 2 is 2.00 bits per heavy atom. The van der Waals surface area contributed by atoms with E-state index in [1.807, 2.05) is 6.07 Å². The molecule has 2 heterocycles. The van der Waals surface area contributed by atoms with Gasteiger partial charge < -0.3 is 5.32 Å². The highest BCUT2D eigenvalue weighted by Gasteiger charge is 2.24. The Balaban J connectivity index is 1.74. The van der Waals surface area contributed by atoms with Gasteiger partial charge in [0.05, 0.1) is 15.6 Å². The highest BCUT2D eigenvalue weighted by Crippen LogP contribution is 2.37. The quantitative estimate of drug-likeness (QED) is 0.724. The van der Waals surface area contributed by atoms with E-state index in [0.29, 0.717) is 5.69 Å². The summed E-state index contributed by atoms with van der Waals surface area (Å²) in [7, 11) is 0. The fraction of sp³-hybridized carbons (Fsp3) is 0.250. The number of pyridine rings is 1. The second kappa shape index (κ2) is 6.96. The van der Waals surface area contributed by atoms with Crippen molar-refractivity contribution in [3.05, 3.63) is 59.1 Å². The molecule has 26 heavy (non-hydrogen) atoms. The molecule has 1 saturated carbocycles. The third-order valence-electron chi connectivity index (χ3n) is 4.26. The van der Waals surface area contributed by atoms with Crippen molar-refractivity contribution in [3.63, 3.8) is 0 Å². The van der Waals surface area contributed by atoms with E-state index in [1.165, 1.54) is 12.1 Å². The lowest BCUT2D eigenvalue weighted by atomic mass is 10.1. The lowest BCUT2D eigenvalue weighted by Gasteiger charge is -2.06. The third kappa shape index (κ3) is 3.51. The zero-order chi connectivity index (χ0) is 18.1. The number of carbonyl (C=O) groups is 1. The summed E-state index contributed by atoms with van der Waals surface area (Å²) in [6.45, 7) is 2.05. The van der Waals surface area contributed by atoms with Gasteiger partial charge in [0.15, 0.2) is 0 Å². The monoisotopic (exact) mass is 367 g/mol.